The summed E-state index contributed by atoms with van der Waals surface area (Å²) in [5.74, 6) is -0.414. The van der Waals surface area contributed by atoms with Gasteiger partial charge in [-0.05, 0) is 75.0 Å². The Balaban J connectivity index is 1.80. The highest BCUT2D eigenvalue weighted by molar-refractivity contribution is 7.22. The number of allylic oxidation sites excluding steroid dienone is 2. The molecule has 1 aliphatic rings. The number of nitrogens with zero attached hydrogens (tertiary/aromatic N) is 3. The fraction of sp³-hybridized carbons (Fsp3) is 0.481. The lowest BCUT2D eigenvalue weighted by atomic mass is 9.73. The number of hydrogen-bond acceptors (Lipinski definition) is 4. The van der Waals surface area contributed by atoms with Crippen LogP contribution in [0.5, 0.6) is 0 Å². The molecule has 2 aromatic rings. The number of aromatic nitrogens is 2. The molecule has 6 nitrogen and oxygen atoms in total. The van der Waals surface area contributed by atoms with Crippen LogP contribution in [0.15, 0.2) is 41.5 Å². The number of likely N-dealkylation sites (tertiary alicyclic amines) is 1. The number of amides is 1. The Morgan fingerprint density at radius 3 is 2.53 bits per heavy atom. The number of aryl methyl sites for hydroxylation is 2. The van der Waals surface area contributed by atoms with Gasteiger partial charge in [0.25, 0.3) is 0 Å². The van der Waals surface area contributed by atoms with Crippen LogP contribution in [0.3, 0.4) is 0 Å². The van der Waals surface area contributed by atoms with Crippen molar-refractivity contribution in [3.05, 3.63) is 63.7 Å². The van der Waals surface area contributed by atoms with E-state index in [0.717, 1.165) is 27.6 Å². The second kappa shape index (κ2) is 9.95. The third-order valence-corrected chi connectivity index (χ3v) is 7.52. The molecule has 1 saturated heterocycles. The Kier molecular flexibility index (Phi) is 7.62. The van der Waals surface area contributed by atoms with Crippen molar-refractivity contribution in [2.24, 2.45) is 5.92 Å². The van der Waals surface area contributed by atoms with Crippen molar-refractivity contribution in [2.45, 2.75) is 79.4 Å². The van der Waals surface area contributed by atoms with E-state index in [1.165, 1.54) is 5.56 Å². The van der Waals surface area contributed by atoms with Crippen molar-refractivity contribution in [2.75, 3.05) is 0 Å². The Morgan fingerprint density at radius 1 is 1.26 bits per heavy atom. The van der Waals surface area contributed by atoms with Gasteiger partial charge >= 0.3 is 0 Å². The lowest BCUT2D eigenvalue weighted by Gasteiger charge is -2.45. The Hall–Kier alpha value is -2.59. The van der Waals surface area contributed by atoms with Crippen LogP contribution >= 0.6 is 9.24 Å². The van der Waals surface area contributed by atoms with Crippen molar-refractivity contribution in [3.63, 3.8) is 0 Å². The van der Waals surface area contributed by atoms with Gasteiger partial charge in [0.15, 0.2) is 5.78 Å². The molecule has 3 unspecified atom stereocenters. The van der Waals surface area contributed by atoms with E-state index < -0.39 is 11.5 Å². The summed E-state index contributed by atoms with van der Waals surface area (Å²) in [6.45, 7) is 14.5. The van der Waals surface area contributed by atoms with Crippen molar-refractivity contribution < 1.29 is 9.59 Å². The molecule has 1 aromatic heterocycles. The Bertz CT molecular complexity index is 1160. The van der Waals surface area contributed by atoms with Gasteiger partial charge in [-0.15, -0.1) is 9.24 Å². The van der Waals surface area contributed by atoms with Gasteiger partial charge in [0.05, 0.1) is 18.3 Å². The standard InChI is InChI=1S/C27H37N4O2P/c1-16-8-9-21(17(2)10-16)14-31-25(32)11-23(26(33)27(31,6)7)18(3)22-12-29-30(13-22)15-24(19(4)28)20(5)34/h8-10,12-13,18,23,28H,11,14-15,34H2,1-7H3. The quantitative estimate of drug-likeness (QED) is 0.438. The predicted molar refractivity (Wildman–Crippen MR) is 140 cm³/mol. The monoisotopic (exact) mass is 480 g/mol. The molecule has 34 heavy (non-hydrogen) atoms. The van der Waals surface area contributed by atoms with Gasteiger partial charge < -0.3 is 10.3 Å². The summed E-state index contributed by atoms with van der Waals surface area (Å²) in [6, 6.07) is 6.21. The maximum Gasteiger partial charge on any atom is 0.224 e. The minimum atomic E-state index is -0.884. The van der Waals surface area contributed by atoms with Gasteiger partial charge in [-0.1, -0.05) is 30.7 Å². The average molecular weight is 481 g/mol. The molecule has 1 N–H and O–H groups in total. The smallest absolute Gasteiger partial charge is 0.224 e. The Labute approximate surface area is 205 Å². The molecule has 3 atom stereocenters. The largest absolute Gasteiger partial charge is 0.326 e. The van der Waals surface area contributed by atoms with Gasteiger partial charge in [-0.2, -0.15) is 5.10 Å². The summed E-state index contributed by atoms with van der Waals surface area (Å²) in [5, 5.41) is 13.5. The zero-order chi connectivity index (χ0) is 25.4. The SMILES string of the molecule is CC(=N)C(Cn1cc(C(C)C2CC(=O)N(Cc3ccc(C)cc3C)C(C)(C)C2=O)cn1)=C(C)P. The molecule has 3 rings (SSSR count). The molecule has 0 aliphatic carbocycles. The van der Waals surface area contributed by atoms with Crippen LogP contribution < -0.4 is 0 Å². The zero-order valence-electron chi connectivity index (χ0n) is 21.4. The number of carbonyl (C=O) groups excluding carboxylic acids is 2. The molecule has 0 saturated carbocycles. The number of hydrogen-bond donors (Lipinski definition) is 1. The highest BCUT2D eigenvalue weighted by atomic mass is 31.0. The van der Waals surface area contributed by atoms with Crippen molar-refractivity contribution >= 4 is 26.6 Å². The molecule has 1 aromatic carbocycles. The van der Waals surface area contributed by atoms with Crippen LogP contribution in [0, 0.1) is 25.2 Å². The van der Waals surface area contributed by atoms with E-state index in [1.807, 2.05) is 46.9 Å². The van der Waals surface area contributed by atoms with E-state index in [2.05, 4.69) is 33.4 Å². The molecule has 0 bridgehead atoms. The Morgan fingerprint density at radius 2 is 1.94 bits per heavy atom. The topological polar surface area (TPSA) is 79.0 Å². The zero-order valence-corrected chi connectivity index (χ0v) is 22.6. The van der Waals surface area contributed by atoms with Gasteiger partial charge in [0.1, 0.15) is 0 Å². The van der Waals surface area contributed by atoms with Gasteiger partial charge in [0, 0.05) is 30.8 Å². The first-order valence-electron chi connectivity index (χ1n) is 11.8. The molecular formula is C27H37N4O2P. The molecule has 1 amide bonds. The summed E-state index contributed by atoms with van der Waals surface area (Å²) in [4.78, 5) is 28.7. The normalized spacial score (nSPS) is 19.8. The van der Waals surface area contributed by atoms with Crippen LogP contribution in [0.1, 0.15) is 69.2 Å². The first-order valence-corrected chi connectivity index (χ1v) is 12.3. The van der Waals surface area contributed by atoms with Crippen LogP contribution in [-0.2, 0) is 22.7 Å². The number of piperidine rings is 1. The van der Waals surface area contributed by atoms with Crippen LogP contribution in [0.25, 0.3) is 0 Å². The van der Waals surface area contributed by atoms with E-state index >= 15 is 0 Å². The molecule has 2 heterocycles. The third kappa shape index (κ3) is 5.22. The lowest BCUT2D eigenvalue weighted by Crippen LogP contribution is -2.59. The summed E-state index contributed by atoms with van der Waals surface area (Å²) in [6.07, 6.45) is 3.93. The number of nitrogens with one attached hydrogen (secondary N) is 1. The number of Topliss-reactive ketones (excluding diaryl/α,β-unsaturated/α-hetero) is 1. The molecule has 0 spiro atoms. The van der Waals surface area contributed by atoms with E-state index in [4.69, 9.17) is 5.41 Å². The number of ketones is 1. The summed E-state index contributed by atoms with van der Waals surface area (Å²) in [7, 11) is 2.65. The highest BCUT2D eigenvalue weighted by Crippen LogP contribution is 2.38. The van der Waals surface area contributed by atoms with Crippen molar-refractivity contribution in [1.29, 1.82) is 5.41 Å². The van der Waals surface area contributed by atoms with E-state index in [1.54, 1.807) is 22.7 Å². The molecule has 182 valence electrons. The minimum Gasteiger partial charge on any atom is -0.326 e. The van der Waals surface area contributed by atoms with Crippen LogP contribution in [0.4, 0.5) is 0 Å². The first kappa shape index (κ1) is 26.0. The van der Waals surface area contributed by atoms with Crippen LogP contribution in [-0.4, -0.2) is 37.6 Å². The second-order valence-corrected chi connectivity index (χ2v) is 11.1. The van der Waals surface area contributed by atoms with Crippen LogP contribution in [0.2, 0.25) is 0 Å². The fourth-order valence-electron chi connectivity index (χ4n) is 4.81. The average Bonchev–Trinajstić information content (AvgIpc) is 3.21. The third-order valence-electron chi connectivity index (χ3n) is 7.17. The van der Waals surface area contributed by atoms with E-state index in [0.29, 0.717) is 18.8 Å². The number of benzene rings is 1. The maximum absolute atomic E-state index is 13.7. The molecule has 0 radical (unpaired) electrons. The summed E-state index contributed by atoms with van der Waals surface area (Å²) < 4.78 is 1.81. The van der Waals surface area contributed by atoms with E-state index in [9.17, 15) is 9.59 Å². The second-order valence-electron chi connectivity index (χ2n) is 10.2. The molecule has 1 fully saturated rings. The number of rotatable bonds is 7. The van der Waals surface area contributed by atoms with Crippen molar-refractivity contribution in [1.82, 2.24) is 14.7 Å². The van der Waals surface area contributed by atoms with Gasteiger partial charge in [-0.25, -0.2) is 0 Å². The highest BCUT2D eigenvalue weighted by Gasteiger charge is 2.48. The fourth-order valence-corrected chi connectivity index (χ4v) is 5.12. The molecular weight excluding hydrogens is 443 g/mol. The van der Waals surface area contributed by atoms with Crippen molar-refractivity contribution in [3.8, 4) is 0 Å². The summed E-state index contributed by atoms with van der Waals surface area (Å²) in [5.41, 5.74) is 4.87. The lowest BCUT2D eigenvalue weighted by molar-refractivity contribution is -0.156. The number of carbonyl (C=O) groups is 2. The first-order chi connectivity index (χ1) is 15.8. The summed E-state index contributed by atoms with van der Waals surface area (Å²) >= 11 is 0. The molecule has 1 aliphatic heterocycles. The van der Waals surface area contributed by atoms with Gasteiger partial charge in [0.2, 0.25) is 5.91 Å². The molecule has 7 heteroatoms. The maximum atomic E-state index is 13.7. The predicted octanol–water partition coefficient (Wildman–Crippen LogP) is 5.19. The van der Waals surface area contributed by atoms with E-state index in [-0.39, 0.29) is 24.0 Å². The minimum absolute atomic E-state index is 0.0112. The van der Waals surface area contributed by atoms with Gasteiger partial charge in [-0.3, -0.25) is 14.3 Å².